The van der Waals surface area contributed by atoms with E-state index in [1.54, 1.807) is 12.1 Å². The summed E-state index contributed by atoms with van der Waals surface area (Å²) in [6, 6.07) is 11.3. The zero-order chi connectivity index (χ0) is 13.1. The fraction of sp³-hybridized carbons (Fsp3) is 0.0769. The number of nitrogens with zero attached hydrogens (tertiary/aromatic N) is 2. The summed E-state index contributed by atoms with van der Waals surface area (Å²) in [5, 5.41) is 8.42. The van der Waals surface area contributed by atoms with Crippen molar-refractivity contribution >= 4 is 48.9 Å². The number of rotatable bonds is 2. The molecule has 0 saturated carbocycles. The van der Waals surface area contributed by atoms with Gasteiger partial charge in [-0.25, -0.2) is 0 Å². The van der Waals surface area contributed by atoms with Crippen molar-refractivity contribution in [1.29, 1.82) is 0 Å². The van der Waals surface area contributed by atoms with Gasteiger partial charge in [-0.15, -0.1) is 5.11 Å². The van der Waals surface area contributed by atoms with Gasteiger partial charge in [0, 0.05) is 14.6 Å². The summed E-state index contributed by atoms with van der Waals surface area (Å²) in [5.74, 6) is 0. The van der Waals surface area contributed by atoms with Crippen molar-refractivity contribution < 1.29 is 0 Å². The molecule has 0 amide bonds. The average molecular weight is 369 g/mol. The maximum absolute atomic E-state index is 5.61. The molecule has 0 heterocycles. The van der Waals surface area contributed by atoms with Crippen LogP contribution in [-0.4, -0.2) is 0 Å². The Hall–Kier alpha value is -1.20. The Labute approximate surface area is 122 Å². The summed E-state index contributed by atoms with van der Waals surface area (Å²) < 4.78 is 1.82. The summed E-state index contributed by atoms with van der Waals surface area (Å²) in [5.41, 5.74) is 9.02. The largest absolute Gasteiger partial charge is 0.399 e. The molecule has 2 aromatic carbocycles. The molecule has 0 aromatic heterocycles. The molecule has 0 unspecified atom stereocenters. The second-order valence-corrected chi connectivity index (χ2v) is 5.58. The molecule has 0 aliphatic heterocycles. The first-order chi connectivity index (χ1) is 8.56. The zero-order valence-electron chi connectivity index (χ0n) is 9.69. The van der Waals surface area contributed by atoms with Crippen molar-refractivity contribution in [3.05, 3.63) is 50.9 Å². The van der Waals surface area contributed by atoms with Gasteiger partial charge < -0.3 is 5.73 Å². The van der Waals surface area contributed by atoms with Crippen molar-refractivity contribution in [1.82, 2.24) is 0 Å². The Kier molecular flexibility index (Phi) is 4.14. The van der Waals surface area contributed by atoms with Crippen LogP contribution < -0.4 is 5.73 Å². The van der Waals surface area contributed by atoms with Crippen LogP contribution in [-0.2, 0) is 0 Å². The van der Waals surface area contributed by atoms with Crippen LogP contribution in [0, 0.1) is 6.92 Å². The smallest absolute Gasteiger partial charge is 0.114 e. The minimum absolute atomic E-state index is 0.714. The molecule has 92 valence electrons. The summed E-state index contributed by atoms with van der Waals surface area (Å²) in [6.45, 7) is 2.02. The lowest BCUT2D eigenvalue weighted by Crippen LogP contribution is -1.80. The number of hydrogen-bond acceptors (Lipinski definition) is 3. The minimum atomic E-state index is 0.714. The number of hydrogen-bond donors (Lipinski definition) is 1. The molecule has 0 aliphatic carbocycles. The van der Waals surface area contributed by atoms with E-state index in [-0.39, 0.29) is 0 Å². The Morgan fingerprint density at radius 1 is 0.944 bits per heavy atom. The predicted molar refractivity (Wildman–Crippen MR) is 81.6 cm³/mol. The highest BCUT2D eigenvalue weighted by Gasteiger charge is 2.05. The van der Waals surface area contributed by atoms with Gasteiger partial charge >= 0.3 is 0 Å². The number of nitrogen functional groups attached to an aromatic ring is 1. The lowest BCUT2D eigenvalue weighted by atomic mass is 10.2. The number of halogens is 2. The van der Waals surface area contributed by atoms with Gasteiger partial charge in [0.2, 0.25) is 0 Å². The third-order valence-corrected chi connectivity index (χ3v) is 3.53. The Morgan fingerprint density at radius 3 is 2.06 bits per heavy atom. The molecule has 2 aromatic rings. The molecule has 0 bridgehead atoms. The Bertz CT molecular complexity index is 569. The average Bonchev–Trinajstić information content (AvgIpc) is 2.30. The number of aryl methyl sites for hydroxylation is 1. The normalized spacial score (nSPS) is 11.1. The summed E-state index contributed by atoms with van der Waals surface area (Å²) in [7, 11) is 0. The highest BCUT2D eigenvalue weighted by Crippen LogP contribution is 2.35. The fourth-order valence-electron chi connectivity index (χ4n) is 1.44. The number of benzene rings is 2. The van der Waals surface area contributed by atoms with Crippen molar-refractivity contribution in [2.45, 2.75) is 6.92 Å². The van der Waals surface area contributed by atoms with E-state index in [9.17, 15) is 0 Å². The monoisotopic (exact) mass is 367 g/mol. The van der Waals surface area contributed by atoms with Crippen LogP contribution in [0.25, 0.3) is 0 Å². The summed E-state index contributed by atoms with van der Waals surface area (Å²) in [4.78, 5) is 0. The van der Waals surface area contributed by atoms with Crippen LogP contribution in [0.2, 0.25) is 0 Å². The van der Waals surface area contributed by atoms with E-state index in [2.05, 4.69) is 42.1 Å². The molecule has 5 heteroatoms. The molecule has 0 spiro atoms. The second kappa shape index (κ2) is 5.63. The third-order valence-electron chi connectivity index (χ3n) is 2.32. The van der Waals surface area contributed by atoms with Gasteiger partial charge in [0.25, 0.3) is 0 Å². The maximum atomic E-state index is 5.61. The number of anilines is 1. The van der Waals surface area contributed by atoms with Crippen LogP contribution in [0.3, 0.4) is 0 Å². The molecular formula is C13H11Br2N3. The highest BCUT2D eigenvalue weighted by molar-refractivity contribution is 9.11. The van der Waals surface area contributed by atoms with Gasteiger partial charge in [-0.05, 0) is 80.7 Å². The van der Waals surface area contributed by atoms with Crippen molar-refractivity contribution in [3.8, 4) is 0 Å². The molecule has 0 aliphatic rings. The Balaban J connectivity index is 2.31. The molecule has 2 N–H and O–H groups in total. The molecule has 0 atom stereocenters. The van der Waals surface area contributed by atoms with E-state index in [1.807, 2.05) is 31.2 Å². The lowest BCUT2D eigenvalue weighted by Gasteiger charge is -2.02. The topological polar surface area (TPSA) is 50.7 Å². The number of azo groups is 1. The van der Waals surface area contributed by atoms with Crippen LogP contribution in [0.15, 0.2) is 55.6 Å². The quantitative estimate of drug-likeness (QED) is 0.550. The van der Waals surface area contributed by atoms with Crippen molar-refractivity contribution in [2.75, 3.05) is 5.73 Å². The van der Waals surface area contributed by atoms with Crippen molar-refractivity contribution in [3.63, 3.8) is 0 Å². The van der Waals surface area contributed by atoms with E-state index >= 15 is 0 Å². The van der Waals surface area contributed by atoms with Crippen LogP contribution in [0.4, 0.5) is 17.1 Å². The van der Waals surface area contributed by atoms with E-state index < -0.39 is 0 Å². The maximum Gasteiger partial charge on any atom is 0.114 e. The molecule has 2 rings (SSSR count). The highest BCUT2D eigenvalue weighted by atomic mass is 79.9. The minimum Gasteiger partial charge on any atom is -0.399 e. The molecule has 3 nitrogen and oxygen atoms in total. The Morgan fingerprint density at radius 2 is 1.50 bits per heavy atom. The van der Waals surface area contributed by atoms with Gasteiger partial charge in [-0.2, -0.15) is 5.11 Å². The van der Waals surface area contributed by atoms with Gasteiger partial charge in [-0.1, -0.05) is 0 Å². The predicted octanol–water partition coefficient (Wildman–Crippen LogP) is 5.52. The standard InChI is InChI=1S/C13H11Br2N3/c1-8-6-11(14)13(12(15)7-8)18-17-10-4-2-9(16)3-5-10/h2-7H,16H2,1H3/b18-17+. The lowest BCUT2D eigenvalue weighted by molar-refractivity contribution is 1.21. The summed E-state index contributed by atoms with van der Waals surface area (Å²) in [6.07, 6.45) is 0. The molecular weight excluding hydrogens is 358 g/mol. The third kappa shape index (κ3) is 3.17. The molecule has 18 heavy (non-hydrogen) atoms. The van der Waals surface area contributed by atoms with Gasteiger partial charge in [0.15, 0.2) is 0 Å². The van der Waals surface area contributed by atoms with Crippen LogP contribution in [0.1, 0.15) is 5.56 Å². The van der Waals surface area contributed by atoms with Gasteiger partial charge in [0.1, 0.15) is 5.69 Å². The second-order valence-electron chi connectivity index (χ2n) is 3.87. The zero-order valence-corrected chi connectivity index (χ0v) is 12.9. The van der Waals surface area contributed by atoms with E-state index in [1.165, 1.54) is 0 Å². The van der Waals surface area contributed by atoms with E-state index in [4.69, 9.17) is 5.73 Å². The summed E-state index contributed by atoms with van der Waals surface area (Å²) >= 11 is 6.96. The fourth-order valence-corrected chi connectivity index (χ4v) is 3.01. The first kappa shape index (κ1) is 13.2. The van der Waals surface area contributed by atoms with Crippen LogP contribution in [0.5, 0.6) is 0 Å². The van der Waals surface area contributed by atoms with Crippen molar-refractivity contribution in [2.24, 2.45) is 10.2 Å². The molecule has 0 saturated heterocycles. The SMILES string of the molecule is Cc1cc(Br)c(/N=N/c2ccc(N)cc2)c(Br)c1. The van der Waals surface area contributed by atoms with E-state index in [0.29, 0.717) is 5.69 Å². The first-order valence-electron chi connectivity index (χ1n) is 5.29. The van der Waals surface area contributed by atoms with Crippen LogP contribution >= 0.6 is 31.9 Å². The van der Waals surface area contributed by atoms with E-state index in [0.717, 1.165) is 25.9 Å². The van der Waals surface area contributed by atoms with Gasteiger partial charge in [-0.3, -0.25) is 0 Å². The molecule has 0 fully saturated rings. The number of nitrogens with two attached hydrogens (primary N) is 1. The van der Waals surface area contributed by atoms with Gasteiger partial charge in [0.05, 0.1) is 5.69 Å². The molecule has 0 radical (unpaired) electrons. The first-order valence-corrected chi connectivity index (χ1v) is 6.88.